The Morgan fingerprint density at radius 3 is 2.75 bits per heavy atom. The Balaban J connectivity index is 2.43. The molecular weight excluding hydrogens is 223 g/mol. The van der Waals surface area contributed by atoms with Gasteiger partial charge in [-0.25, -0.2) is 4.39 Å². The molecule has 88 valence electrons. The largest absolute Gasteiger partial charge is 0.298 e. The van der Waals surface area contributed by atoms with E-state index in [9.17, 15) is 9.18 Å². The van der Waals surface area contributed by atoms with Crippen molar-refractivity contribution < 1.29 is 9.18 Å². The van der Waals surface area contributed by atoms with Crippen LogP contribution in [-0.2, 0) is 11.2 Å². The zero-order valence-corrected chi connectivity index (χ0v) is 10.5. The van der Waals surface area contributed by atoms with E-state index in [2.05, 4.69) is 13.8 Å². The molecule has 0 saturated carbocycles. The average molecular weight is 240 g/mol. The van der Waals surface area contributed by atoms with Gasteiger partial charge in [0.25, 0.3) is 0 Å². The highest BCUT2D eigenvalue weighted by atomic mass is 32.2. The number of hydrogen-bond donors (Lipinski definition) is 0. The molecule has 0 N–H and O–H groups in total. The van der Waals surface area contributed by atoms with Crippen LogP contribution in [0.25, 0.3) is 0 Å². The number of hydrogen-bond acceptors (Lipinski definition) is 2. The minimum atomic E-state index is -0.288. The van der Waals surface area contributed by atoms with Crippen molar-refractivity contribution in [3.8, 4) is 0 Å². The predicted molar refractivity (Wildman–Crippen MR) is 67.3 cm³/mol. The number of halogens is 1. The van der Waals surface area contributed by atoms with Crippen molar-refractivity contribution in [2.24, 2.45) is 0 Å². The fraction of sp³-hybridized carbons (Fsp3) is 0.462. The van der Waals surface area contributed by atoms with Crippen molar-refractivity contribution in [1.29, 1.82) is 0 Å². The van der Waals surface area contributed by atoms with Crippen molar-refractivity contribution in [1.82, 2.24) is 0 Å². The Morgan fingerprint density at radius 1 is 1.44 bits per heavy atom. The molecule has 0 fully saturated rings. The molecule has 16 heavy (non-hydrogen) atoms. The Morgan fingerprint density at radius 2 is 2.12 bits per heavy atom. The number of benzene rings is 1. The van der Waals surface area contributed by atoms with Crippen LogP contribution in [0.3, 0.4) is 0 Å². The highest BCUT2D eigenvalue weighted by Gasteiger charge is 2.09. The molecule has 0 aliphatic rings. The van der Waals surface area contributed by atoms with Crippen molar-refractivity contribution >= 4 is 17.5 Å². The summed E-state index contributed by atoms with van der Waals surface area (Å²) >= 11 is 1.64. The number of carbonyl (C=O) groups excluding carboxylic acids is 1. The molecular formula is C13H17FOS. The second-order valence-electron chi connectivity index (χ2n) is 3.84. The average Bonchev–Trinajstić information content (AvgIpc) is 2.29. The fourth-order valence-electron chi connectivity index (χ4n) is 1.26. The molecule has 1 aromatic carbocycles. The van der Waals surface area contributed by atoms with Crippen LogP contribution in [-0.4, -0.2) is 16.8 Å². The topological polar surface area (TPSA) is 17.1 Å². The molecule has 0 aromatic heterocycles. The monoisotopic (exact) mass is 240 g/mol. The van der Waals surface area contributed by atoms with Crippen LogP contribution in [0.1, 0.15) is 25.8 Å². The van der Waals surface area contributed by atoms with E-state index in [1.807, 2.05) is 0 Å². The first kappa shape index (κ1) is 13.2. The lowest BCUT2D eigenvalue weighted by Crippen LogP contribution is -2.09. The smallest absolute Gasteiger partial charge is 0.147 e. The van der Waals surface area contributed by atoms with E-state index in [1.165, 1.54) is 6.07 Å². The van der Waals surface area contributed by atoms with E-state index in [1.54, 1.807) is 30.0 Å². The van der Waals surface area contributed by atoms with Gasteiger partial charge in [0.2, 0.25) is 0 Å². The lowest BCUT2D eigenvalue weighted by atomic mass is 10.1. The molecule has 0 saturated heterocycles. The van der Waals surface area contributed by atoms with E-state index >= 15 is 0 Å². The van der Waals surface area contributed by atoms with Gasteiger partial charge in [0.1, 0.15) is 11.6 Å². The van der Waals surface area contributed by atoms with Crippen LogP contribution in [0.15, 0.2) is 24.3 Å². The zero-order chi connectivity index (χ0) is 12.0. The van der Waals surface area contributed by atoms with Crippen LogP contribution in [0, 0.1) is 5.82 Å². The zero-order valence-electron chi connectivity index (χ0n) is 9.70. The molecule has 1 rings (SSSR count). The second-order valence-corrected chi connectivity index (χ2v) is 5.26. The van der Waals surface area contributed by atoms with Crippen molar-refractivity contribution in [2.45, 2.75) is 31.9 Å². The van der Waals surface area contributed by atoms with Crippen LogP contribution < -0.4 is 0 Å². The minimum absolute atomic E-state index is 0.0930. The van der Waals surface area contributed by atoms with Gasteiger partial charge in [-0.05, 0) is 18.1 Å². The molecule has 0 spiro atoms. The van der Waals surface area contributed by atoms with Gasteiger partial charge in [-0.3, -0.25) is 4.79 Å². The van der Waals surface area contributed by atoms with Crippen molar-refractivity contribution in [3.63, 3.8) is 0 Å². The van der Waals surface area contributed by atoms with Gasteiger partial charge in [0.05, 0.1) is 5.75 Å². The minimum Gasteiger partial charge on any atom is -0.298 e. The Labute approximate surface area is 100 Å². The fourth-order valence-corrected chi connectivity index (χ4v) is 2.07. The summed E-state index contributed by atoms with van der Waals surface area (Å²) in [5.41, 5.74) is 0.497. The van der Waals surface area contributed by atoms with Crippen molar-refractivity contribution in [3.05, 3.63) is 35.6 Å². The molecule has 0 aliphatic heterocycles. The summed E-state index contributed by atoms with van der Waals surface area (Å²) in [6, 6.07) is 6.45. The summed E-state index contributed by atoms with van der Waals surface area (Å²) in [5, 5.41) is 0.490. The number of carbonyl (C=O) groups is 1. The quantitative estimate of drug-likeness (QED) is 0.757. The molecule has 3 heteroatoms. The Hall–Kier alpha value is -0.830. The highest BCUT2D eigenvalue weighted by Crippen LogP contribution is 2.15. The van der Waals surface area contributed by atoms with Gasteiger partial charge >= 0.3 is 0 Å². The predicted octanol–water partition coefficient (Wildman–Crippen LogP) is 3.47. The molecule has 0 heterocycles. The lowest BCUT2D eigenvalue weighted by Gasteiger charge is -2.07. The van der Waals surface area contributed by atoms with E-state index in [4.69, 9.17) is 0 Å². The number of Topliss-reactive ketones (excluding diaryl/α,β-unsaturated/α-hetero) is 1. The van der Waals surface area contributed by atoms with Gasteiger partial charge in [-0.2, -0.15) is 11.8 Å². The first-order valence-corrected chi connectivity index (χ1v) is 6.55. The van der Waals surface area contributed by atoms with Gasteiger partial charge in [-0.15, -0.1) is 0 Å². The van der Waals surface area contributed by atoms with Gasteiger partial charge in [0, 0.05) is 11.7 Å². The lowest BCUT2D eigenvalue weighted by molar-refractivity contribution is -0.116. The molecule has 1 nitrogen and oxygen atoms in total. The van der Waals surface area contributed by atoms with Crippen LogP contribution in [0.5, 0.6) is 0 Å². The van der Waals surface area contributed by atoms with E-state index in [0.717, 1.165) is 6.42 Å². The standard InChI is InChI=1S/C13H17FOS/c1-3-10(2)16-9-12(15)8-11-6-4-5-7-13(11)14/h4-7,10H,3,8-9H2,1-2H3. The normalized spacial score (nSPS) is 12.4. The highest BCUT2D eigenvalue weighted by molar-refractivity contribution is 8.00. The Kier molecular flexibility index (Phi) is 5.53. The summed E-state index contributed by atoms with van der Waals surface area (Å²) in [4.78, 5) is 11.6. The SMILES string of the molecule is CCC(C)SCC(=O)Cc1ccccc1F. The van der Waals surface area contributed by atoms with E-state index in [0.29, 0.717) is 16.6 Å². The maximum absolute atomic E-state index is 13.3. The summed E-state index contributed by atoms with van der Waals surface area (Å²) in [6.07, 6.45) is 1.26. The molecule has 1 atom stereocenters. The van der Waals surface area contributed by atoms with E-state index < -0.39 is 0 Å². The second kappa shape index (κ2) is 6.69. The third-order valence-electron chi connectivity index (χ3n) is 2.45. The molecule has 1 aromatic rings. The molecule has 0 bridgehead atoms. The van der Waals surface area contributed by atoms with Crippen LogP contribution in [0.4, 0.5) is 4.39 Å². The molecule has 1 unspecified atom stereocenters. The number of rotatable bonds is 6. The van der Waals surface area contributed by atoms with Crippen LogP contribution in [0.2, 0.25) is 0 Å². The maximum atomic E-state index is 13.3. The molecule has 0 amide bonds. The first-order chi connectivity index (χ1) is 7.63. The third kappa shape index (κ3) is 4.35. The van der Waals surface area contributed by atoms with Crippen LogP contribution >= 0.6 is 11.8 Å². The van der Waals surface area contributed by atoms with Gasteiger partial charge in [0.15, 0.2) is 0 Å². The summed E-state index contributed by atoms with van der Waals surface area (Å²) < 4.78 is 13.3. The first-order valence-electron chi connectivity index (χ1n) is 5.50. The molecule has 0 aliphatic carbocycles. The van der Waals surface area contributed by atoms with E-state index in [-0.39, 0.29) is 18.0 Å². The Bertz CT molecular complexity index is 352. The third-order valence-corrected chi connectivity index (χ3v) is 3.84. The summed E-state index contributed by atoms with van der Waals surface area (Å²) in [5.74, 6) is 0.281. The van der Waals surface area contributed by atoms with Gasteiger partial charge < -0.3 is 0 Å². The summed E-state index contributed by atoms with van der Waals surface area (Å²) in [7, 11) is 0. The molecule has 0 radical (unpaired) electrons. The van der Waals surface area contributed by atoms with Crippen molar-refractivity contribution in [2.75, 3.05) is 5.75 Å². The number of ketones is 1. The van der Waals surface area contributed by atoms with Gasteiger partial charge in [-0.1, -0.05) is 32.0 Å². The number of thioether (sulfide) groups is 1. The maximum Gasteiger partial charge on any atom is 0.147 e. The summed E-state index contributed by atoms with van der Waals surface area (Å²) in [6.45, 7) is 4.19.